The number of fused-ring (bicyclic) bond motifs is 2. The van der Waals surface area contributed by atoms with Crippen LogP contribution in [-0.4, -0.2) is 18.7 Å². The van der Waals surface area contributed by atoms with Crippen molar-refractivity contribution >= 4 is 6.09 Å². The van der Waals surface area contributed by atoms with Crippen LogP contribution < -0.4 is 5.32 Å². The number of benzene rings is 1. The maximum atomic E-state index is 11.7. The largest absolute Gasteiger partial charge is 0.445 e. The lowest BCUT2D eigenvalue weighted by Crippen LogP contribution is -2.43. The van der Waals surface area contributed by atoms with Gasteiger partial charge in [0.1, 0.15) is 6.61 Å². The van der Waals surface area contributed by atoms with Crippen LogP contribution in [0.4, 0.5) is 4.79 Å². The second-order valence-electron chi connectivity index (χ2n) is 6.60. The van der Waals surface area contributed by atoms with Gasteiger partial charge in [0.05, 0.1) is 0 Å². The Kier molecular flexibility index (Phi) is 4.51. The van der Waals surface area contributed by atoms with Gasteiger partial charge < -0.3 is 10.1 Å². The molecule has 1 amide bonds. The zero-order valence-electron chi connectivity index (χ0n) is 13.1. The molecule has 0 radical (unpaired) electrons. The minimum atomic E-state index is -0.315. The zero-order chi connectivity index (χ0) is 15.4. The van der Waals surface area contributed by atoms with Crippen LogP contribution in [0.2, 0.25) is 0 Å². The van der Waals surface area contributed by atoms with Crippen molar-refractivity contribution < 1.29 is 9.53 Å². The first kappa shape index (κ1) is 15.1. The van der Waals surface area contributed by atoms with Gasteiger partial charge in [-0.05, 0) is 61.5 Å². The zero-order valence-corrected chi connectivity index (χ0v) is 13.1. The predicted octanol–water partition coefficient (Wildman–Crippen LogP) is 4.12. The van der Waals surface area contributed by atoms with E-state index in [4.69, 9.17) is 4.74 Å². The number of alkyl carbamates (subject to hydrolysis) is 1. The quantitative estimate of drug-likeness (QED) is 0.853. The minimum absolute atomic E-state index is 0.247. The SMILES string of the molecule is C=CCOC(=O)NC1CCC2(CCCc3ccccc32)CC1. The summed E-state index contributed by atoms with van der Waals surface area (Å²) in [5.74, 6) is 0. The number of rotatable bonds is 3. The van der Waals surface area contributed by atoms with E-state index in [-0.39, 0.29) is 18.7 Å². The summed E-state index contributed by atoms with van der Waals surface area (Å²) in [6, 6.07) is 9.18. The summed E-state index contributed by atoms with van der Waals surface area (Å²) in [5, 5.41) is 2.99. The molecule has 0 unspecified atom stereocenters. The second kappa shape index (κ2) is 6.55. The summed E-state index contributed by atoms with van der Waals surface area (Å²) in [5.41, 5.74) is 3.44. The molecule has 2 aliphatic carbocycles. The van der Waals surface area contributed by atoms with E-state index < -0.39 is 0 Å². The van der Waals surface area contributed by atoms with Crippen LogP contribution in [0, 0.1) is 0 Å². The van der Waals surface area contributed by atoms with Crippen molar-refractivity contribution in [3.63, 3.8) is 0 Å². The average Bonchev–Trinajstić information content (AvgIpc) is 2.56. The van der Waals surface area contributed by atoms with Gasteiger partial charge >= 0.3 is 6.09 Å². The van der Waals surface area contributed by atoms with Crippen LogP contribution in [0.15, 0.2) is 36.9 Å². The standard InChI is InChI=1S/C19H25NO2/c1-2-14-22-18(21)20-16-9-12-19(13-10-16)11-5-7-15-6-3-4-8-17(15)19/h2-4,6,8,16H,1,5,7,9-14H2,(H,20,21). The summed E-state index contributed by atoms with van der Waals surface area (Å²) < 4.78 is 5.02. The van der Waals surface area contributed by atoms with Crippen LogP contribution >= 0.6 is 0 Å². The molecule has 0 bridgehead atoms. The van der Waals surface area contributed by atoms with E-state index in [1.54, 1.807) is 11.6 Å². The summed E-state index contributed by atoms with van der Waals surface area (Å²) >= 11 is 0. The predicted molar refractivity (Wildman–Crippen MR) is 88.0 cm³/mol. The molecule has 0 atom stereocenters. The number of nitrogens with one attached hydrogen (secondary N) is 1. The third-order valence-corrected chi connectivity index (χ3v) is 5.29. The number of aryl methyl sites for hydroxylation is 1. The highest BCUT2D eigenvalue weighted by atomic mass is 16.5. The van der Waals surface area contributed by atoms with E-state index in [0.29, 0.717) is 5.41 Å². The average molecular weight is 299 g/mol. The van der Waals surface area contributed by atoms with E-state index in [2.05, 4.69) is 36.2 Å². The first-order valence-electron chi connectivity index (χ1n) is 8.36. The van der Waals surface area contributed by atoms with Crippen molar-refractivity contribution in [1.29, 1.82) is 0 Å². The lowest BCUT2D eigenvalue weighted by molar-refractivity contribution is 0.144. The Bertz CT molecular complexity index is 544. The number of amides is 1. The van der Waals surface area contributed by atoms with Gasteiger partial charge in [-0.1, -0.05) is 36.9 Å². The molecule has 3 rings (SSSR count). The number of hydrogen-bond donors (Lipinski definition) is 1. The van der Waals surface area contributed by atoms with Crippen LogP contribution in [0.5, 0.6) is 0 Å². The van der Waals surface area contributed by atoms with Crippen molar-refractivity contribution in [3.8, 4) is 0 Å². The van der Waals surface area contributed by atoms with Crippen LogP contribution in [0.1, 0.15) is 49.7 Å². The van der Waals surface area contributed by atoms with E-state index in [1.807, 2.05) is 0 Å². The van der Waals surface area contributed by atoms with Gasteiger partial charge in [0.15, 0.2) is 0 Å². The Balaban J connectivity index is 1.62. The monoisotopic (exact) mass is 299 g/mol. The molecule has 1 fully saturated rings. The molecule has 0 aliphatic heterocycles. The highest BCUT2D eigenvalue weighted by molar-refractivity contribution is 5.67. The van der Waals surface area contributed by atoms with Gasteiger partial charge in [0.25, 0.3) is 0 Å². The third kappa shape index (κ3) is 3.03. The highest BCUT2D eigenvalue weighted by Gasteiger charge is 2.39. The molecule has 2 aliphatic rings. The molecule has 22 heavy (non-hydrogen) atoms. The fourth-order valence-corrected chi connectivity index (χ4v) is 4.18. The van der Waals surface area contributed by atoms with Crippen molar-refractivity contribution in [2.45, 2.75) is 56.4 Å². The van der Waals surface area contributed by atoms with Crippen molar-refractivity contribution in [3.05, 3.63) is 48.0 Å². The Labute approximate surface area is 132 Å². The summed E-state index contributed by atoms with van der Waals surface area (Å²) in [6.45, 7) is 3.83. The Morgan fingerprint density at radius 3 is 2.86 bits per heavy atom. The van der Waals surface area contributed by atoms with E-state index >= 15 is 0 Å². The third-order valence-electron chi connectivity index (χ3n) is 5.29. The van der Waals surface area contributed by atoms with Crippen molar-refractivity contribution in [2.75, 3.05) is 6.61 Å². The summed E-state index contributed by atoms with van der Waals surface area (Å²) in [6.07, 6.45) is 9.47. The molecule has 1 N–H and O–H groups in total. The number of carbonyl (C=O) groups excluding carboxylic acids is 1. The number of hydrogen-bond acceptors (Lipinski definition) is 2. The van der Waals surface area contributed by atoms with Gasteiger partial charge in [-0.15, -0.1) is 0 Å². The highest BCUT2D eigenvalue weighted by Crippen LogP contribution is 2.47. The molecule has 1 aromatic rings. The van der Waals surface area contributed by atoms with Crippen molar-refractivity contribution in [2.24, 2.45) is 0 Å². The van der Waals surface area contributed by atoms with Crippen LogP contribution in [0.25, 0.3) is 0 Å². The molecule has 0 aromatic heterocycles. The summed E-state index contributed by atoms with van der Waals surface area (Å²) in [4.78, 5) is 11.7. The minimum Gasteiger partial charge on any atom is -0.445 e. The lowest BCUT2D eigenvalue weighted by Gasteiger charge is -2.44. The molecule has 0 saturated heterocycles. The molecule has 1 spiro atoms. The maximum Gasteiger partial charge on any atom is 0.407 e. The molecular weight excluding hydrogens is 274 g/mol. The lowest BCUT2D eigenvalue weighted by atomic mass is 9.62. The maximum absolute atomic E-state index is 11.7. The molecule has 1 saturated carbocycles. The molecule has 1 aromatic carbocycles. The Morgan fingerprint density at radius 2 is 2.09 bits per heavy atom. The van der Waals surface area contributed by atoms with Crippen LogP contribution in [-0.2, 0) is 16.6 Å². The Morgan fingerprint density at radius 1 is 1.32 bits per heavy atom. The van der Waals surface area contributed by atoms with Crippen molar-refractivity contribution in [1.82, 2.24) is 5.32 Å². The molecule has 3 nitrogen and oxygen atoms in total. The molecule has 118 valence electrons. The van der Waals surface area contributed by atoms with E-state index in [1.165, 1.54) is 24.8 Å². The summed E-state index contributed by atoms with van der Waals surface area (Å²) in [7, 11) is 0. The number of ether oxygens (including phenoxy) is 1. The smallest absolute Gasteiger partial charge is 0.407 e. The second-order valence-corrected chi connectivity index (χ2v) is 6.60. The Hall–Kier alpha value is -1.77. The molecule has 0 heterocycles. The normalized spacial score (nSPS) is 27.0. The van der Waals surface area contributed by atoms with E-state index in [0.717, 1.165) is 25.7 Å². The van der Waals surface area contributed by atoms with Gasteiger partial charge in [0.2, 0.25) is 0 Å². The van der Waals surface area contributed by atoms with Gasteiger partial charge in [-0.25, -0.2) is 4.79 Å². The van der Waals surface area contributed by atoms with E-state index in [9.17, 15) is 4.79 Å². The molecule has 3 heteroatoms. The van der Waals surface area contributed by atoms with Gasteiger partial charge in [-0.2, -0.15) is 0 Å². The first-order valence-corrected chi connectivity index (χ1v) is 8.36. The fraction of sp³-hybridized carbons (Fsp3) is 0.526. The fourth-order valence-electron chi connectivity index (χ4n) is 4.18. The van der Waals surface area contributed by atoms with Crippen LogP contribution in [0.3, 0.4) is 0 Å². The number of carbonyl (C=O) groups is 1. The van der Waals surface area contributed by atoms with Gasteiger partial charge in [0, 0.05) is 6.04 Å². The topological polar surface area (TPSA) is 38.3 Å². The molecular formula is C19H25NO2. The van der Waals surface area contributed by atoms with Gasteiger partial charge in [-0.3, -0.25) is 0 Å². The first-order chi connectivity index (χ1) is 10.7.